The minimum Gasteiger partial charge on any atom is -0.299 e. The summed E-state index contributed by atoms with van der Waals surface area (Å²) in [6.07, 6.45) is 9.07. The van der Waals surface area contributed by atoms with Gasteiger partial charge < -0.3 is 0 Å². The van der Waals surface area contributed by atoms with Crippen LogP contribution >= 0.6 is 0 Å². The SMILES string of the molecule is CN1CC2CC1C=C2c1cncnc1. The van der Waals surface area contributed by atoms with Gasteiger partial charge in [-0.3, -0.25) is 4.90 Å². The van der Waals surface area contributed by atoms with E-state index in [1.807, 2.05) is 12.4 Å². The number of likely N-dealkylation sites (N-methyl/N-ethyl adjacent to an activating group) is 1. The number of hydrogen-bond donors (Lipinski definition) is 0. The first-order valence-corrected chi connectivity index (χ1v) is 5.02. The van der Waals surface area contributed by atoms with E-state index in [2.05, 4.69) is 28.0 Å². The van der Waals surface area contributed by atoms with E-state index in [1.54, 1.807) is 6.33 Å². The Hall–Kier alpha value is -1.22. The summed E-state index contributed by atoms with van der Waals surface area (Å²) in [7, 11) is 2.19. The van der Waals surface area contributed by atoms with Crippen molar-refractivity contribution in [1.82, 2.24) is 14.9 Å². The van der Waals surface area contributed by atoms with Gasteiger partial charge in [-0.1, -0.05) is 6.08 Å². The Morgan fingerprint density at radius 3 is 2.71 bits per heavy atom. The Kier molecular flexibility index (Phi) is 1.67. The number of hydrogen-bond acceptors (Lipinski definition) is 3. The van der Waals surface area contributed by atoms with Crippen LogP contribution < -0.4 is 0 Å². The summed E-state index contributed by atoms with van der Waals surface area (Å²) in [5.41, 5.74) is 2.65. The van der Waals surface area contributed by atoms with Crippen molar-refractivity contribution in [3.8, 4) is 0 Å². The predicted molar refractivity (Wildman–Crippen MR) is 54.5 cm³/mol. The lowest BCUT2D eigenvalue weighted by molar-refractivity contribution is 0.347. The molecule has 72 valence electrons. The van der Waals surface area contributed by atoms with Crippen LogP contribution in [0.25, 0.3) is 5.57 Å². The molecule has 0 spiro atoms. The van der Waals surface area contributed by atoms with Gasteiger partial charge in [-0.25, -0.2) is 9.97 Å². The maximum absolute atomic E-state index is 4.07. The molecule has 0 radical (unpaired) electrons. The first kappa shape index (κ1) is 8.12. The molecule has 3 nitrogen and oxygen atoms in total. The predicted octanol–water partition coefficient (Wildman–Crippen LogP) is 1.19. The second kappa shape index (κ2) is 2.89. The van der Waals surface area contributed by atoms with Crippen molar-refractivity contribution in [2.45, 2.75) is 12.5 Å². The summed E-state index contributed by atoms with van der Waals surface area (Å²) < 4.78 is 0. The van der Waals surface area contributed by atoms with Gasteiger partial charge in [-0.2, -0.15) is 0 Å². The molecule has 1 aromatic rings. The smallest absolute Gasteiger partial charge is 0.115 e. The van der Waals surface area contributed by atoms with E-state index in [0.29, 0.717) is 12.0 Å². The number of nitrogens with zero attached hydrogens (tertiary/aromatic N) is 3. The first-order chi connectivity index (χ1) is 6.84. The van der Waals surface area contributed by atoms with Gasteiger partial charge in [0.2, 0.25) is 0 Å². The molecule has 2 unspecified atom stereocenters. The summed E-state index contributed by atoms with van der Waals surface area (Å²) in [6, 6.07) is 0.648. The normalized spacial score (nSPS) is 30.8. The molecule has 2 bridgehead atoms. The molecule has 3 heteroatoms. The fourth-order valence-electron chi connectivity index (χ4n) is 2.57. The molecule has 2 aliphatic rings. The Morgan fingerprint density at radius 2 is 2.14 bits per heavy atom. The number of aromatic nitrogens is 2. The van der Waals surface area contributed by atoms with Crippen LogP contribution in [-0.2, 0) is 0 Å². The monoisotopic (exact) mass is 187 g/mol. The van der Waals surface area contributed by atoms with E-state index in [-0.39, 0.29) is 0 Å². The van der Waals surface area contributed by atoms with Gasteiger partial charge in [0.25, 0.3) is 0 Å². The number of likely N-dealkylation sites (tertiary alicyclic amines) is 1. The summed E-state index contributed by atoms with van der Waals surface area (Å²) in [4.78, 5) is 10.5. The third kappa shape index (κ3) is 1.09. The van der Waals surface area contributed by atoms with Crippen LogP contribution in [0.4, 0.5) is 0 Å². The summed E-state index contributed by atoms with van der Waals surface area (Å²) in [6.45, 7) is 1.19. The molecule has 2 atom stereocenters. The zero-order valence-corrected chi connectivity index (χ0v) is 8.22. The zero-order valence-electron chi connectivity index (χ0n) is 8.22. The minimum atomic E-state index is 0.648. The fourth-order valence-corrected chi connectivity index (χ4v) is 2.57. The lowest BCUT2D eigenvalue weighted by Gasteiger charge is -2.21. The molecule has 1 saturated heterocycles. The van der Waals surface area contributed by atoms with E-state index < -0.39 is 0 Å². The molecule has 1 aliphatic carbocycles. The Labute approximate surface area is 83.5 Å². The third-order valence-corrected chi connectivity index (χ3v) is 3.31. The van der Waals surface area contributed by atoms with Gasteiger partial charge in [-0.05, 0) is 25.0 Å². The fraction of sp³-hybridized carbons (Fsp3) is 0.455. The van der Waals surface area contributed by atoms with Crippen molar-refractivity contribution < 1.29 is 0 Å². The van der Waals surface area contributed by atoms with Crippen molar-refractivity contribution in [2.75, 3.05) is 13.6 Å². The highest BCUT2D eigenvalue weighted by Crippen LogP contribution is 2.40. The van der Waals surface area contributed by atoms with E-state index in [1.165, 1.54) is 24.1 Å². The molecule has 14 heavy (non-hydrogen) atoms. The minimum absolute atomic E-state index is 0.648. The molecule has 2 heterocycles. The van der Waals surface area contributed by atoms with Gasteiger partial charge in [0.15, 0.2) is 0 Å². The molecule has 1 aliphatic heterocycles. The molecule has 1 fully saturated rings. The molecular weight excluding hydrogens is 174 g/mol. The van der Waals surface area contributed by atoms with Gasteiger partial charge in [0, 0.05) is 30.5 Å². The summed E-state index contributed by atoms with van der Waals surface area (Å²) >= 11 is 0. The van der Waals surface area contributed by atoms with Crippen molar-refractivity contribution in [3.63, 3.8) is 0 Å². The van der Waals surface area contributed by atoms with Gasteiger partial charge in [0.05, 0.1) is 0 Å². The second-order valence-corrected chi connectivity index (χ2v) is 4.19. The van der Waals surface area contributed by atoms with Gasteiger partial charge >= 0.3 is 0 Å². The van der Waals surface area contributed by atoms with Crippen LogP contribution in [0.1, 0.15) is 12.0 Å². The molecule has 0 saturated carbocycles. The van der Waals surface area contributed by atoms with Crippen molar-refractivity contribution in [1.29, 1.82) is 0 Å². The van der Waals surface area contributed by atoms with E-state index >= 15 is 0 Å². The molecular formula is C11H13N3. The van der Waals surface area contributed by atoms with Crippen LogP contribution in [0.5, 0.6) is 0 Å². The Morgan fingerprint density at radius 1 is 1.36 bits per heavy atom. The molecule has 0 N–H and O–H groups in total. The largest absolute Gasteiger partial charge is 0.299 e. The number of rotatable bonds is 1. The Balaban J connectivity index is 1.96. The van der Waals surface area contributed by atoms with Crippen molar-refractivity contribution in [2.24, 2.45) is 5.92 Å². The second-order valence-electron chi connectivity index (χ2n) is 4.19. The topological polar surface area (TPSA) is 29.0 Å². The van der Waals surface area contributed by atoms with Crippen molar-refractivity contribution >= 4 is 5.57 Å². The van der Waals surface area contributed by atoms with E-state index in [9.17, 15) is 0 Å². The van der Waals surface area contributed by atoms with E-state index in [0.717, 1.165) is 0 Å². The molecule has 1 aromatic heterocycles. The van der Waals surface area contributed by atoms with Crippen LogP contribution in [0.15, 0.2) is 24.8 Å². The van der Waals surface area contributed by atoms with Crippen LogP contribution in [0.3, 0.4) is 0 Å². The highest BCUT2D eigenvalue weighted by atomic mass is 15.2. The summed E-state index contributed by atoms with van der Waals surface area (Å²) in [5, 5.41) is 0. The van der Waals surface area contributed by atoms with Crippen LogP contribution in [0.2, 0.25) is 0 Å². The van der Waals surface area contributed by atoms with E-state index in [4.69, 9.17) is 0 Å². The lowest BCUT2D eigenvalue weighted by Crippen LogP contribution is -2.25. The molecule has 0 aromatic carbocycles. The highest BCUT2D eigenvalue weighted by molar-refractivity contribution is 5.70. The highest BCUT2D eigenvalue weighted by Gasteiger charge is 2.36. The van der Waals surface area contributed by atoms with Crippen LogP contribution in [0, 0.1) is 5.92 Å². The number of fused-ring (bicyclic) bond motifs is 2. The third-order valence-electron chi connectivity index (χ3n) is 3.31. The lowest BCUT2D eigenvalue weighted by atomic mass is 9.98. The average molecular weight is 187 g/mol. The molecule has 3 rings (SSSR count). The first-order valence-electron chi connectivity index (χ1n) is 5.02. The van der Waals surface area contributed by atoms with Gasteiger partial charge in [0.1, 0.15) is 6.33 Å². The quantitative estimate of drug-likeness (QED) is 0.661. The van der Waals surface area contributed by atoms with Crippen LogP contribution in [-0.4, -0.2) is 34.5 Å². The Bertz CT molecular complexity index is 371. The summed E-state index contributed by atoms with van der Waals surface area (Å²) in [5.74, 6) is 0.705. The van der Waals surface area contributed by atoms with Crippen molar-refractivity contribution in [3.05, 3.63) is 30.4 Å². The average Bonchev–Trinajstić information content (AvgIpc) is 2.77. The maximum atomic E-state index is 4.07. The zero-order chi connectivity index (χ0) is 9.54. The maximum Gasteiger partial charge on any atom is 0.115 e. The van der Waals surface area contributed by atoms with Gasteiger partial charge in [-0.15, -0.1) is 0 Å². The molecule has 0 amide bonds. The standard InChI is InChI=1S/C11H13N3/c1-14-6-8-2-10(14)3-11(8)9-4-12-7-13-5-9/h3-5,7-8,10H,2,6H2,1H3.